The van der Waals surface area contributed by atoms with Gasteiger partial charge in [0.1, 0.15) is 0 Å². The minimum atomic E-state index is -0.282. The summed E-state index contributed by atoms with van der Waals surface area (Å²) in [5.74, 6) is -0.282. The highest BCUT2D eigenvalue weighted by molar-refractivity contribution is 8.01. The monoisotopic (exact) mass is 234 g/mol. The average molecular weight is 234 g/mol. The van der Waals surface area contributed by atoms with Gasteiger partial charge in [-0.1, -0.05) is 18.2 Å². The van der Waals surface area contributed by atoms with Crippen LogP contribution < -0.4 is 0 Å². The van der Waals surface area contributed by atoms with Crippen LogP contribution in [-0.4, -0.2) is 17.8 Å². The molecule has 1 aliphatic rings. The molecule has 3 heteroatoms. The Morgan fingerprint density at radius 2 is 2.12 bits per heavy atom. The van der Waals surface area contributed by atoms with E-state index in [2.05, 4.69) is 26.0 Å². The van der Waals surface area contributed by atoms with Crippen molar-refractivity contribution >= 4 is 23.8 Å². The Hall–Kier alpha value is -1.22. The van der Waals surface area contributed by atoms with Gasteiger partial charge in [0.15, 0.2) is 0 Å². The fourth-order valence-corrected chi connectivity index (χ4v) is 2.76. The molecule has 0 saturated carbocycles. The van der Waals surface area contributed by atoms with Gasteiger partial charge in [0, 0.05) is 9.64 Å². The second-order valence-electron chi connectivity index (χ2n) is 4.28. The van der Waals surface area contributed by atoms with E-state index in [-0.39, 0.29) is 10.7 Å². The van der Waals surface area contributed by atoms with E-state index in [1.165, 1.54) is 7.11 Å². The van der Waals surface area contributed by atoms with E-state index in [0.717, 1.165) is 10.5 Å². The Bertz CT molecular complexity index is 461. The number of benzene rings is 1. The molecule has 0 N–H and O–H groups in total. The topological polar surface area (TPSA) is 26.3 Å². The van der Waals surface area contributed by atoms with Crippen LogP contribution in [-0.2, 0) is 4.74 Å². The largest absolute Gasteiger partial charge is 0.465 e. The lowest BCUT2D eigenvalue weighted by Gasteiger charge is -2.25. The molecule has 0 aromatic heterocycles. The second kappa shape index (κ2) is 3.98. The molecule has 0 amide bonds. The summed E-state index contributed by atoms with van der Waals surface area (Å²) in [6, 6.07) is 5.66. The molecule has 1 aliphatic heterocycles. The van der Waals surface area contributed by atoms with Crippen molar-refractivity contribution in [2.24, 2.45) is 0 Å². The summed E-state index contributed by atoms with van der Waals surface area (Å²) in [4.78, 5) is 12.5. The Kier molecular flexibility index (Phi) is 2.80. The third-order valence-electron chi connectivity index (χ3n) is 2.47. The van der Waals surface area contributed by atoms with E-state index < -0.39 is 0 Å². The van der Waals surface area contributed by atoms with Crippen LogP contribution in [0.25, 0.3) is 6.08 Å². The van der Waals surface area contributed by atoms with Crippen LogP contribution in [0.4, 0.5) is 0 Å². The Labute approximate surface area is 99.7 Å². The number of hydrogen-bond donors (Lipinski definition) is 0. The minimum absolute atomic E-state index is 0.0851. The zero-order valence-corrected chi connectivity index (χ0v) is 10.4. The maximum atomic E-state index is 11.4. The molecule has 0 spiro atoms. The Balaban J connectivity index is 2.40. The van der Waals surface area contributed by atoms with E-state index in [4.69, 9.17) is 4.74 Å². The molecular weight excluding hydrogens is 220 g/mol. The van der Waals surface area contributed by atoms with E-state index >= 15 is 0 Å². The number of esters is 1. The number of rotatable bonds is 1. The van der Waals surface area contributed by atoms with Gasteiger partial charge in [0.05, 0.1) is 12.7 Å². The molecule has 0 fully saturated rings. The van der Waals surface area contributed by atoms with Crippen LogP contribution in [0.1, 0.15) is 29.8 Å². The van der Waals surface area contributed by atoms with Crippen molar-refractivity contribution in [3.05, 3.63) is 35.4 Å². The smallest absolute Gasteiger partial charge is 0.337 e. The Morgan fingerprint density at radius 3 is 2.81 bits per heavy atom. The summed E-state index contributed by atoms with van der Waals surface area (Å²) in [7, 11) is 1.40. The third-order valence-corrected chi connectivity index (χ3v) is 3.71. The predicted octanol–water partition coefficient (Wildman–Crippen LogP) is 3.37. The standard InChI is InChI=1S/C13H14O2S/c1-13(2)7-6-9-4-5-10(12(14)15-3)8-11(9)16-13/h4-8H,1-3H3. The normalized spacial score (nSPS) is 16.7. The van der Waals surface area contributed by atoms with Gasteiger partial charge in [-0.15, -0.1) is 11.8 Å². The van der Waals surface area contributed by atoms with E-state index in [1.54, 1.807) is 17.8 Å². The molecule has 1 aromatic rings. The van der Waals surface area contributed by atoms with Gasteiger partial charge in [0.25, 0.3) is 0 Å². The summed E-state index contributed by atoms with van der Waals surface area (Å²) in [5, 5.41) is 0. The van der Waals surface area contributed by atoms with Crippen molar-refractivity contribution in [1.29, 1.82) is 0 Å². The number of methoxy groups -OCH3 is 1. The first-order chi connectivity index (χ1) is 7.52. The van der Waals surface area contributed by atoms with Gasteiger partial charge in [-0.05, 0) is 31.5 Å². The fourth-order valence-electron chi connectivity index (χ4n) is 1.61. The lowest BCUT2D eigenvalue weighted by molar-refractivity contribution is 0.0600. The van der Waals surface area contributed by atoms with Gasteiger partial charge in [-0.3, -0.25) is 0 Å². The molecular formula is C13H14O2S. The number of thioether (sulfide) groups is 1. The number of carbonyl (C=O) groups is 1. The maximum absolute atomic E-state index is 11.4. The molecule has 0 unspecified atom stereocenters. The predicted molar refractivity (Wildman–Crippen MR) is 66.8 cm³/mol. The summed E-state index contributed by atoms with van der Waals surface area (Å²) >= 11 is 1.76. The molecule has 16 heavy (non-hydrogen) atoms. The zero-order valence-electron chi connectivity index (χ0n) is 9.61. The van der Waals surface area contributed by atoms with E-state index in [9.17, 15) is 4.79 Å². The number of fused-ring (bicyclic) bond motifs is 1. The number of carbonyl (C=O) groups excluding carboxylic acids is 1. The number of ether oxygens (including phenoxy) is 1. The summed E-state index contributed by atoms with van der Waals surface area (Å²) < 4.78 is 4.80. The molecule has 1 aromatic carbocycles. The molecule has 0 aliphatic carbocycles. The quantitative estimate of drug-likeness (QED) is 0.697. The van der Waals surface area contributed by atoms with Crippen LogP contribution in [0, 0.1) is 0 Å². The highest BCUT2D eigenvalue weighted by Crippen LogP contribution is 2.40. The van der Waals surface area contributed by atoms with Crippen molar-refractivity contribution in [1.82, 2.24) is 0 Å². The molecule has 0 saturated heterocycles. The van der Waals surface area contributed by atoms with Crippen molar-refractivity contribution in [2.75, 3.05) is 7.11 Å². The van der Waals surface area contributed by atoms with Gasteiger partial charge in [0.2, 0.25) is 0 Å². The molecule has 0 bridgehead atoms. The van der Waals surface area contributed by atoms with Crippen LogP contribution in [0.15, 0.2) is 29.2 Å². The summed E-state index contributed by atoms with van der Waals surface area (Å²) in [6.45, 7) is 4.31. The zero-order chi connectivity index (χ0) is 11.8. The maximum Gasteiger partial charge on any atom is 0.337 e. The Morgan fingerprint density at radius 1 is 1.38 bits per heavy atom. The average Bonchev–Trinajstić information content (AvgIpc) is 2.25. The molecule has 1 heterocycles. The first-order valence-electron chi connectivity index (χ1n) is 5.12. The van der Waals surface area contributed by atoms with Gasteiger partial charge in [-0.25, -0.2) is 4.79 Å². The van der Waals surface area contributed by atoms with Crippen molar-refractivity contribution in [2.45, 2.75) is 23.5 Å². The summed E-state index contributed by atoms with van der Waals surface area (Å²) in [5.41, 5.74) is 1.77. The summed E-state index contributed by atoms with van der Waals surface area (Å²) in [6.07, 6.45) is 4.28. The molecule has 0 radical (unpaired) electrons. The van der Waals surface area contributed by atoms with Gasteiger partial charge in [-0.2, -0.15) is 0 Å². The first kappa shape index (κ1) is 11.3. The van der Waals surface area contributed by atoms with Gasteiger partial charge >= 0.3 is 5.97 Å². The highest BCUT2D eigenvalue weighted by atomic mass is 32.2. The van der Waals surface area contributed by atoms with Crippen LogP contribution in [0.2, 0.25) is 0 Å². The molecule has 2 nitrogen and oxygen atoms in total. The van der Waals surface area contributed by atoms with Crippen LogP contribution in [0.3, 0.4) is 0 Å². The highest BCUT2D eigenvalue weighted by Gasteiger charge is 2.22. The van der Waals surface area contributed by atoms with Crippen LogP contribution >= 0.6 is 11.8 Å². The van der Waals surface area contributed by atoms with Crippen LogP contribution in [0.5, 0.6) is 0 Å². The fraction of sp³-hybridized carbons (Fsp3) is 0.308. The van der Waals surface area contributed by atoms with E-state index in [1.807, 2.05) is 12.1 Å². The lowest BCUT2D eigenvalue weighted by atomic mass is 10.1. The SMILES string of the molecule is COC(=O)c1ccc2c(c1)SC(C)(C)C=C2. The second-order valence-corrected chi connectivity index (χ2v) is 5.98. The van der Waals surface area contributed by atoms with Crippen molar-refractivity contribution in [3.8, 4) is 0 Å². The number of hydrogen-bond acceptors (Lipinski definition) is 3. The lowest BCUT2D eigenvalue weighted by Crippen LogP contribution is -2.13. The molecule has 0 atom stereocenters. The van der Waals surface area contributed by atoms with E-state index in [0.29, 0.717) is 5.56 Å². The van der Waals surface area contributed by atoms with Crippen molar-refractivity contribution in [3.63, 3.8) is 0 Å². The van der Waals surface area contributed by atoms with Gasteiger partial charge < -0.3 is 4.74 Å². The van der Waals surface area contributed by atoms with Crippen molar-refractivity contribution < 1.29 is 9.53 Å². The molecule has 2 rings (SSSR count). The first-order valence-corrected chi connectivity index (χ1v) is 5.94. The minimum Gasteiger partial charge on any atom is -0.465 e. The third kappa shape index (κ3) is 2.14. The molecule has 84 valence electrons.